The maximum absolute atomic E-state index is 11.4. The van der Waals surface area contributed by atoms with Gasteiger partial charge < -0.3 is 5.32 Å². The van der Waals surface area contributed by atoms with Crippen LogP contribution >= 0.6 is 0 Å². The highest BCUT2D eigenvalue weighted by atomic mass is 16.1. The molecule has 80 valence electrons. The first kappa shape index (κ1) is 10.4. The fourth-order valence-corrected chi connectivity index (χ4v) is 2.24. The Morgan fingerprint density at radius 2 is 2.27 bits per heavy atom. The molecule has 2 nitrogen and oxygen atoms in total. The quantitative estimate of drug-likeness (QED) is 0.762. The summed E-state index contributed by atoms with van der Waals surface area (Å²) in [5, 5.41) is 3.36. The largest absolute Gasteiger partial charge is 0.316 e. The first-order valence-corrected chi connectivity index (χ1v) is 5.57. The summed E-state index contributed by atoms with van der Waals surface area (Å²) < 4.78 is 0. The van der Waals surface area contributed by atoms with Crippen LogP contribution in [-0.4, -0.2) is 18.9 Å². The van der Waals surface area contributed by atoms with Crippen molar-refractivity contribution in [3.8, 4) is 0 Å². The molecule has 15 heavy (non-hydrogen) atoms. The average molecular weight is 203 g/mol. The molecule has 2 rings (SSSR count). The van der Waals surface area contributed by atoms with Crippen LogP contribution in [0.1, 0.15) is 29.3 Å². The smallest absolute Gasteiger partial charge is 0.160 e. The molecule has 1 unspecified atom stereocenters. The lowest BCUT2D eigenvalue weighted by molar-refractivity contribution is 0.101. The van der Waals surface area contributed by atoms with Crippen molar-refractivity contribution in [3.63, 3.8) is 0 Å². The van der Waals surface area contributed by atoms with E-state index in [2.05, 4.69) is 11.4 Å². The average Bonchev–Trinajstić information content (AvgIpc) is 2.71. The number of ketones is 1. The predicted molar refractivity (Wildman–Crippen MR) is 61.1 cm³/mol. The van der Waals surface area contributed by atoms with E-state index >= 15 is 0 Å². The van der Waals surface area contributed by atoms with Crippen LogP contribution in [0.5, 0.6) is 0 Å². The van der Waals surface area contributed by atoms with Crippen molar-refractivity contribution in [1.29, 1.82) is 0 Å². The van der Waals surface area contributed by atoms with E-state index in [-0.39, 0.29) is 5.78 Å². The standard InChI is InChI=1S/C13H17NO/c1-10(15)13-5-3-2-4-12(13)8-11-6-7-14-9-11/h2-5,11,14H,6-9H2,1H3. The molecule has 1 atom stereocenters. The van der Waals surface area contributed by atoms with E-state index in [0.29, 0.717) is 5.92 Å². The maximum atomic E-state index is 11.4. The highest BCUT2D eigenvalue weighted by molar-refractivity contribution is 5.95. The van der Waals surface area contributed by atoms with Crippen LogP contribution in [0.4, 0.5) is 0 Å². The summed E-state index contributed by atoms with van der Waals surface area (Å²) in [6.45, 7) is 3.85. The SMILES string of the molecule is CC(=O)c1ccccc1CC1CCNC1. The van der Waals surface area contributed by atoms with Crippen LogP contribution in [0.15, 0.2) is 24.3 Å². The van der Waals surface area contributed by atoms with Gasteiger partial charge in [0.05, 0.1) is 0 Å². The molecule has 1 N–H and O–H groups in total. The number of carbonyl (C=O) groups excluding carboxylic acids is 1. The fourth-order valence-electron chi connectivity index (χ4n) is 2.24. The lowest BCUT2D eigenvalue weighted by Crippen LogP contribution is -2.12. The summed E-state index contributed by atoms with van der Waals surface area (Å²) in [6.07, 6.45) is 2.26. The number of hydrogen-bond acceptors (Lipinski definition) is 2. The molecule has 1 heterocycles. The monoisotopic (exact) mass is 203 g/mol. The van der Waals surface area contributed by atoms with Gasteiger partial charge in [-0.3, -0.25) is 4.79 Å². The Labute approximate surface area is 90.7 Å². The minimum absolute atomic E-state index is 0.177. The first-order valence-electron chi connectivity index (χ1n) is 5.57. The summed E-state index contributed by atoms with van der Waals surface area (Å²) in [4.78, 5) is 11.4. The molecule has 1 aromatic rings. The Hall–Kier alpha value is -1.15. The van der Waals surface area contributed by atoms with Gasteiger partial charge in [0.15, 0.2) is 5.78 Å². The van der Waals surface area contributed by atoms with Crippen LogP contribution in [0.2, 0.25) is 0 Å². The third-order valence-electron chi connectivity index (χ3n) is 3.07. The Morgan fingerprint density at radius 1 is 1.47 bits per heavy atom. The van der Waals surface area contributed by atoms with Crippen molar-refractivity contribution < 1.29 is 4.79 Å². The summed E-state index contributed by atoms with van der Waals surface area (Å²) in [5.41, 5.74) is 2.10. The van der Waals surface area contributed by atoms with Crippen molar-refractivity contribution in [2.24, 2.45) is 5.92 Å². The van der Waals surface area contributed by atoms with Gasteiger partial charge in [-0.15, -0.1) is 0 Å². The maximum Gasteiger partial charge on any atom is 0.160 e. The van der Waals surface area contributed by atoms with Gasteiger partial charge in [-0.25, -0.2) is 0 Å². The normalized spacial score (nSPS) is 20.5. The van der Waals surface area contributed by atoms with Crippen LogP contribution in [0, 0.1) is 5.92 Å². The number of rotatable bonds is 3. The van der Waals surface area contributed by atoms with E-state index in [9.17, 15) is 4.79 Å². The number of hydrogen-bond donors (Lipinski definition) is 1. The lowest BCUT2D eigenvalue weighted by Gasteiger charge is -2.11. The summed E-state index contributed by atoms with van der Waals surface area (Å²) in [7, 11) is 0. The second kappa shape index (κ2) is 4.58. The van der Waals surface area contributed by atoms with Crippen LogP contribution in [0.25, 0.3) is 0 Å². The van der Waals surface area contributed by atoms with Gasteiger partial charge in [0.25, 0.3) is 0 Å². The van der Waals surface area contributed by atoms with Crippen molar-refractivity contribution >= 4 is 5.78 Å². The molecule has 1 aliphatic rings. The molecule has 0 aliphatic carbocycles. The van der Waals surface area contributed by atoms with E-state index in [4.69, 9.17) is 0 Å². The molecule has 0 saturated carbocycles. The van der Waals surface area contributed by atoms with Crippen LogP contribution in [0.3, 0.4) is 0 Å². The van der Waals surface area contributed by atoms with Crippen molar-refractivity contribution in [2.75, 3.05) is 13.1 Å². The number of benzene rings is 1. The zero-order valence-corrected chi connectivity index (χ0v) is 9.12. The molecule has 1 saturated heterocycles. The predicted octanol–water partition coefficient (Wildman–Crippen LogP) is 2.04. The molecule has 0 aromatic heterocycles. The Bertz CT molecular complexity index is 353. The van der Waals surface area contributed by atoms with E-state index in [0.717, 1.165) is 25.1 Å². The molecule has 0 amide bonds. The van der Waals surface area contributed by atoms with Gasteiger partial charge in [-0.1, -0.05) is 24.3 Å². The Morgan fingerprint density at radius 3 is 2.93 bits per heavy atom. The second-order valence-electron chi connectivity index (χ2n) is 4.28. The summed E-state index contributed by atoms with van der Waals surface area (Å²) >= 11 is 0. The molecule has 0 spiro atoms. The van der Waals surface area contributed by atoms with Gasteiger partial charge in [-0.05, 0) is 44.3 Å². The van der Waals surface area contributed by atoms with Crippen LogP contribution < -0.4 is 5.32 Å². The fraction of sp³-hybridized carbons (Fsp3) is 0.462. The van der Waals surface area contributed by atoms with Gasteiger partial charge in [0, 0.05) is 5.56 Å². The topological polar surface area (TPSA) is 29.1 Å². The van der Waals surface area contributed by atoms with Gasteiger partial charge in [0.1, 0.15) is 0 Å². The minimum atomic E-state index is 0.177. The van der Waals surface area contributed by atoms with Gasteiger partial charge in [0.2, 0.25) is 0 Å². The molecular weight excluding hydrogens is 186 g/mol. The summed E-state index contributed by atoms with van der Waals surface area (Å²) in [5.74, 6) is 0.877. The van der Waals surface area contributed by atoms with Gasteiger partial charge in [-0.2, -0.15) is 0 Å². The molecule has 1 fully saturated rings. The molecule has 0 bridgehead atoms. The third-order valence-corrected chi connectivity index (χ3v) is 3.07. The van der Waals surface area contributed by atoms with E-state index in [1.165, 1.54) is 12.0 Å². The van der Waals surface area contributed by atoms with Crippen molar-refractivity contribution in [2.45, 2.75) is 19.8 Å². The lowest BCUT2D eigenvalue weighted by atomic mass is 9.94. The Balaban J connectivity index is 2.15. The molecule has 2 heteroatoms. The first-order chi connectivity index (χ1) is 7.27. The van der Waals surface area contributed by atoms with Gasteiger partial charge >= 0.3 is 0 Å². The zero-order valence-electron chi connectivity index (χ0n) is 9.12. The highest BCUT2D eigenvalue weighted by Gasteiger charge is 2.17. The zero-order chi connectivity index (χ0) is 10.7. The highest BCUT2D eigenvalue weighted by Crippen LogP contribution is 2.18. The molecule has 1 aromatic carbocycles. The second-order valence-corrected chi connectivity index (χ2v) is 4.28. The third kappa shape index (κ3) is 2.45. The number of carbonyl (C=O) groups is 1. The summed E-state index contributed by atoms with van der Waals surface area (Å²) in [6, 6.07) is 7.96. The Kier molecular flexibility index (Phi) is 3.17. The van der Waals surface area contributed by atoms with E-state index in [1.807, 2.05) is 18.2 Å². The van der Waals surface area contributed by atoms with Crippen LogP contribution in [-0.2, 0) is 6.42 Å². The van der Waals surface area contributed by atoms with Crippen molar-refractivity contribution in [1.82, 2.24) is 5.32 Å². The van der Waals surface area contributed by atoms with E-state index in [1.54, 1.807) is 6.92 Å². The molecular formula is C13H17NO. The van der Waals surface area contributed by atoms with E-state index < -0.39 is 0 Å². The molecule has 1 aliphatic heterocycles. The van der Waals surface area contributed by atoms with Crippen molar-refractivity contribution in [3.05, 3.63) is 35.4 Å². The minimum Gasteiger partial charge on any atom is -0.316 e. The number of Topliss-reactive ketones (excluding diaryl/α,β-unsaturated/α-hetero) is 1. The number of nitrogens with one attached hydrogen (secondary N) is 1. The molecule has 0 radical (unpaired) electrons.